The van der Waals surface area contributed by atoms with Crippen molar-refractivity contribution in [3.63, 3.8) is 0 Å². The third-order valence-corrected chi connectivity index (χ3v) is 1.87. The smallest absolute Gasteiger partial charge is 0.141 e. The fourth-order valence-corrected chi connectivity index (χ4v) is 0.988. The van der Waals surface area contributed by atoms with Crippen molar-refractivity contribution in [2.75, 3.05) is 0 Å². The average Bonchev–Trinajstić information content (AvgIpc) is 2.36. The molecule has 1 aromatic rings. The molecular formula is C7H10BrNO2. The second-order valence-corrected chi connectivity index (χ2v) is 3.67. The van der Waals surface area contributed by atoms with Gasteiger partial charge >= 0.3 is 0 Å². The van der Waals surface area contributed by atoms with Gasteiger partial charge in [-0.15, -0.1) is 0 Å². The molecule has 0 amide bonds. The summed E-state index contributed by atoms with van der Waals surface area (Å²) in [6.45, 7) is 3.66. The van der Waals surface area contributed by atoms with E-state index in [1.165, 1.54) is 0 Å². The summed E-state index contributed by atoms with van der Waals surface area (Å²) in [6.07, 6.45) is 1.59. The van der Waals surface area contributed by atoms with Crippen LogP contribution in [0.1, 0.15) is 19.6 Å². The van der Waals surface area contributed by atoms with E-state index in [4.69, 9.17) is 15.2 Å². The SMILES string of the molecule is CC(C)(ON)c1cc(Br)co1. The van der Waals surface area contributed by atoms with Gasteiger partial charge in [-0.2, -0.15) is 0 Å². The van der Waals surface area contributed by atoms with E-state index < -0.39 is 5.60 Å². The van der Waals surface area contributed by atoms with Crippen LogP contribution in [0.5, 0.6) is 0 Å². The quantitative estimate of drug-likeness (QED) is 0.777. The number of rotatable bonds is 2. The Morgan fingerprint density at radius 1 is 1.64 bits per heavy atom. The minimum absolute atomic E-state index is 0.563. The molecule has 4 heteroatoms. The average molecular weight is 220 g/mol. The predicted octanol–water partition coefficient (Wildman–Crippen LogP) is 2.17. The summed E-state index contributed by atoms with van der Waals surface area (Å²) in [5, 5.41) is 0. The van der Waals surface area contributed by atoms with Crippen LogP contribution < -0.4 is 5.90 Å². The highest BCUT2D eigenvalue weighted by Crippen LogP contribution is 2.26. The molecule has 0 aliphatic rings. The maximum absolute atomic E-state index is 5.17. The molecule has 0 aromatic carbocycles. The first-order valence-corrected chi connectivity index (χ1v) is 3.98. The minimum Gasteiger partial charge on any atom is -0.465 e. The fourth-order valence-electron chi connectivity index (χ4n) is 0.687. The summed E-state index contributed by atoms with van der Waals surface area (Å²) >= 11 is 3.26. The van der Waals surface area contributed by atoms with E-state index in [1.807, 2.05) is 19.9 Å². The van der Waals surface area contributed by atoms with Gasteiger partial charge in [-0.05, 0) is 35.8 Å². The van der Waals surface area contributed by atoms with Gasteiger partial charge in [0.1, 0.15) is 17.6 Å². The van der Waals surface area contributed by atoms with Crippen molar-refractivity contribution in [3.8, 4) is 0 Å². The molecule has 2 N–H and O–H groups in total. The molecule has 1 heterocycles. The van der Waals surface area contributed by atoms with E-state index in [2.05, 4.69) is 15.9 Å². The molecule has 1 aromatic heterocycles. The Hall–Kier alpha value is -0.320. The standard InChI is InChI=1S/C7H10BrNO2/c1-7(2,11-9)6-3-5(8)4-10-6/h3-4H,9H2,1-2H3. The molecule has 0 spiro atoms. The van der Waals surface area contributed by atoms with E-state index in [1.54, 1.807) is 6.26 Å². The highest BCUT2D eigenvalue weighted by Gasteiger charge is 2.24. The molecule has 0 fully saturated rings. The molecule has 0 aliphatic heterocycles. The zero-order valence-corrected chi connectivity index (χ0v) is 8.01. The van der Waals surface area contributed by atoms with Crippen molar-refractivity contribution in [2.45, 2.75) is 19.4 Å². The summed E-state index contributed by atoms with van der Waals surface area (Å²) in [4.78, 5) is 4.72. The van der Waals surface area contributed by atoms with Crippen LogP contribution in [0, 0.1) is 0 Å². The molecule has 0 bridgehead atoms. The molecule has 1 rings (SSSR count). The zero-order valence-electron chi connectivity index (χ0n) is 6.43. The lowest BCUT2D eigenvalue weighted by Crippen LogP contribution is -2.24. The molecule has 0 atom stereocenters. The monoisotopic (exact) mass is 219 g/mol. The first kappa shape index (κ1) is 8.77. The number of halogens is 1. The van der Waals surface area contributed by atoms with E-state index in [9.17, 15) is 0 Å². The third-order valence-electron chi connectivity index (χ3n) is 1.46. The highest BCUT2D eigenvalue weighted by molar-refractivity contribution is 9.10. The summed E-state index contributed by atoms with van der Waals surface area (Å²) in [7, 11) is 0. The molecule has 11 heavy (non-hydrogen) atoms. The van der Waals surface area contributed by atoms with Crippen molar-refractivity contribution >= 4 is 15.9 Å². The summed E-state index contributed by atoms with van der Waals surface area (Å²) in [5.74, 6) is 5.77. The number of hydrogen-bond acceptors (Lipinski definition) is 3. The number of hydrogen-bond donors (Lipinski definition) is 1. The maximum Gasteiger partial charge on any atom is 0.141 e. The van der Waals surface area contributed by atoms with Crippen LogP contribution in [0.2, 0.25) is 0 Å². The molecule has 0 aliphatic carbocycles. The molecule has 0 radical (unpaired) electrons. The summed E-state index contributed by atoms with van der Waals surface area (Å²) < 4.78 is 6.05. The van der Waals surface area contributed by atoms with Crippen LogP contribution in [0.3, 0.4) is 0 Å². The fraction of sp³-hybridized carbons (Fsp3) is 0.429. The molecule has 3 nitrogen and oxygen atoms in total. The van der Waals surface area contributed by atoms with Gasteiger partial charge in [0.15, 0.2) is 0 Å². The Kier molecular flexibility index (Phi) is 2.37. The third kappa shape index (κ3) is 1.83. The number of furan rings is 1. The largest absolute Gasteiger partial charge is 0.465 e. The van der Waals surface area contributed by atoms with E-state index in [-0.39, 0.29) is 0 Å². The Labute approximate surface area is 73.6 Å². The Bertz CT molecular complexity index is 244. The topological polar surface area (TPSA) is 48.4 Å². The molecule has 0 unspecified atom stereocenters. The van der Waals surface area contributed by atoms with E-state index in [0.29, 0.717) is 5.76 Å². The van der Waals surface area contributed by atoms with Crippen molar-refractivity contribution < 1.29 is 9.25 Å². The second-order valence-electron chi connectivity index (χ2n) is 2.76. The van der Waals surface area contributed by atoms with Gasteiger partial charge in [0.25, 0.3) is 0 Å². The Balaban J connectivity index is 2.92. The van der Waals surface area contributed by atoms with Gasteiger partial charge in [-0.1, -0.05) is 0 Å². The van der Waals surface area contributed by atoms with Crippen molar-refractivity contribution in [1.82, 2.24) is 0 Å². The molecule has 0 saturated carbocycles. The van der Waals surface area contributed by atoms with Crippen LogP contribution in [-0.4, -0.2) is 0 Å². The van der Waals surface area contributed by atoms with Gasteiger partial charge < -0.3 is 4.42 Å². The van der Waals surface area contributed by atoms with Crippen LogP contribution in [-0.2, 0) is 10.4 Å². The lowest BCUT2D eigenvalue weighted by Gasteiger charge is -2.17. The summed E-state index contributed by atoms with van der Waals surface area (Å²) in [5.41, 5.74) is -0.563. The Morgan fingerprint density at radius 3 is 2.64 bits per heavy atom. The van der Waals surface area contributed by atoms with E-state index >= 15 is 0 Å². The van der Waals surface area contributed by atoms with Gasteiger partial charge in [0.05, 0.1) is 4.47 Å². The summed E-state index contributed by atoms with van der Waals surface area (Å²) in [6, 6.07) is 1.83. The van der Waals surface area contributed by atoms with E-state index in [0.717, 1.165) is 4.47 Å². The second kappa shape index (κ2) is 2.97. The van der Waals surface area contributed by atoms with Crippen LogP contribution >= 0.6 is 15.9 Å². The Morgan fingerprint density at radius 2 is 2.27 bits per heavy atom. The lowest BCUT2D eigenvalue weighted by molar-refractivity contribution is -0.0388. The van der Waals surface area contributed by atoms with Gasteiger partial charge in [0, 0.05) is 0 Å². The van der Waals surface area contributed by atoms with Gasteiger partial charge in [-0.25, -0.2) is 5.90 Å². The normalized spacial score (nSPS) is 12.0. The van der Waals surface area contributed by atoms with Gasteiger partial charge in [0.2, 0.25) is 0 Å². The van der Waals surface area contributed by atoms with Crippen LogP contribution in [0.4, 0.5) is 0 Å². The lowest BCUT2D eigenvalue weighted by atomic mass is 10.1. The van der Waals surface area contributed by atoms with Crippen molar-refractivity contribution in [3.05, 3.63) is 22.6 Å². The van der Waals surface area contributed by atoms with Gasteiger partial charge in [-0.3, -0.25) is 4.84 Å². The van der Waals surface area contributed by atoms with Crippen molar-refractivity contribution in [2.24, 2.45) is 5.90 Å². The van der Waals surface area contributed by atoms with Crippen LogP contribution in [0.25, 0.3) is 0 Å². The van der Waals surface area contributed by atoms with Crippen molar-refractivity contribution in [1.29, 1.82) is 0 Å². The maximum atomic E-state index is 5.17. The zero-order chi connectivity index (χ0) is 8.48. The first-order valence-electron chi connectivity index (χ1n) is 3.18. The number of nitrogens with two attached hydrogens (primary N) is 1. The molecular weight excluding hydrogens is 210 g/mol. The minimum atomic E-state index is -0.563. The first-order chi connectivity index (χ1) is 5.06. The predicted molar refractivity (Wildman–Crippen MR) is 44.7 cm³/mol. The molecule has 62 valence electrons. The molecule has 0 saturated heterocycles. The highest BCUT2D eigenvalue weighted by atomic mass is 79.9. The van der Waals surface area contributed by atoms with Crippen LogP contribution in [0.15, 0.2) is 21.2 Å².